The number of benzene rings is 2. The van der Waals surface area contributed by atoms with E-state index in [4.69, 9.17) is 4.74 Å². The van der Waals surface area contributed by atoms with E-state index in [2.05, 4.69) is 44.5 Å². The number of methoxy groups -OCH3 is 1. The Kier molecular flexibility index (Phi) is 5.53. The molecule has 0 unspecified atom stereocenters. The summed E-state index contributed by atoms with van der Waals surface area (Å²) in [5, 5.41) is 3.41. The number of aryl methyl sites for hydroxylation is 1. The van der Waals surface area contributed by atoms with Crippen molar-refractivity contribution < 1.29 is 9.53 Å². The van der Waals surface area contributed by atoms with E-state index in [1.807, 2.05) is 19.1 Å². The fourth-order valence-corrected chi connectivity index (χ4v) is 3.62. The van der Waals surface area contributed by atoms with Gasteiger partial charge in [-0.15, -0.1) is 0 Å². The van der Waals surface area contributed by atoms with Crippen molar-refractivity contribution in [1.29, 1.82) is 0 Å². The molecule has 4 rings (SSSR count). The van der Waals surface area contributed by atoms with Crippen LogP contribution in [0, 0.1) is 6.92 Å². The molecule has 148 valence electrons. The number of carbonyl (C=O) groups excluding carboxylic acids is 1. The van der Waals surface area contributed by atoms with Gasteiger partial charge in [0.25, 0.3) is 0 Å². The maximum atomic E-state index is 11.9. The van der Waals surface area contributed by atoms with Gasteiger partial charge in [-0.05, 0) is 36.6 Å². The van der Waals surface area contributed by atoms with E-state index in [9.17, 15) is 4.79 Å². The summed E-state index contributed by atoms with van der Waals surface area (Å²) in [4.78, 5) is 23.3. The van der Waals surface area contributed by atoms with Gasteiger partial charge >= 0.3 is 5.97 Å². The van der Waals surface area contributed by atoms with Crippen molar-refractivity contribution in [3.05, 3.63) is 82.8 Å². The van der Waals surface area contributed by atoms with Crippen LogP contribution < -0.4 is 5.32 Å². The van der Waals surface area contributed by atoms with Crippen molar-refractivity contribution in [2.75, 3.05) is 19.0 Å². The number of ether oxygens (including phenoxy) is 1. The lowest BCUT2D eigenvalue weighted by Gasteiger charge is -2.29. The fraction of sp³-hybridized carbons (Fsp3) is 0.261. The molecule has 1 aliphatic heterocycles. The van der Waals surface area contributed by atoms with Gasteiger partial charge in [-0.25, -0.2) is 14.8 Å². The molecular formula is C23H24N4O2. The molecule has 0 radical (unpaired) electrons. The molecule has 29 heavy (non-hydrogen) atoms. The third kappa shape index (κ3) is 4.27. The number of fused-ring (bicyclic) bond motifs is 1. The van der Waals surface area contributed by atoms with E-state index in [1.54, 1.807) is 18.5 Å². The zero-order valence-electron chi connectivity index (χ0n) is 16.7. The highest BCUT2D eigenvalue weighted by Crippen LogP contribution is 2.28. The van der Waals surface area contributed by atoms with E-state index in [0.29, 0.717) is 5.56 Å². The standard InChI is InChI=1S/C23H24N4O2/c1-16-8-9-18(23(28)29-2)12-20(16)26-22-19-10-11-27(14-21(19)24-15-25-22)13-17-6-4-3-5-7-17/h3-9,12,15H,10-11,13-14H2,1-2H3,(H,24,25,26). The van der Waals surface area contributed by atoms with Crippen LogP contribution in [0.1, 0.15) is 32.7 Å². The van der Waals surface area contributed by atoms with Gasteiger partial charge in [0.2, 0.25) is 0 Å². The second-order valence-corrected chi connectivity index (χ2v) is 7.24. The van der Waals surface area contributed by atoms with E-state index in [-0.39, 0.29) is 5.97 Å². The summed E-state index contributed by atoms with van der Waals surface area (Å²) < 4.78 is 4.83. The second-order valence-electron chi connectivity index (χ2n) is 7.24. The highest BCUT2D eigenvalue weighted by atomic mass is 16.5. The van der Waals surface area contributed by atoms with Gasteiger partial charge in [0.1, 0.15) is 12.1 Å². The molecule has 1 aromatic heterocycles. The molecule has 0 spiro atoms. The molecular weight excluding hydrogens is 364 g/mol. The highest BCUT2D eigenvalue weighted by Gasteiger charge is 2.21. The monoisotopic (exact) mass is 388 g/mol. The average molecular weight is 388 g/mol. The van der Waals surface area contributed by atoms with E-state index < -0.39 is 0 Å². The van der Waals surface area contributed by atoms with Crippen LogP contribution in [0.2, 0.25) is 0 Å². The molecule has 0 atom stereocenters. The molecule has 3 aromatic rings. The zero-order valence-corrected chi connectivity index (χ0v) is 16.7. The van der Waals surface area contributed by atoms with Crippen LogP contribution in [0.15, 0.2) is 54.9 Å². The Bertz CT molecular complexity index is 1020. The predicted molar refractivity (Wildman–Crippen MR) is 112 cm³/mol. The van der Waals surface area contributed by atoms with E-state index >= 15 is 0 Å². The SMILES string of the molecule is COC(=O)c1ccc(C)c(Nc2ncnc3c2CCN(Cc2ccccc2)C3)c1. The third-order valence-corrected chi connectivity index (χ3v) is 5.25. The van der Waals surface area contributed by atoms with Crippen molar-refractivity contribution in [1.82, 2.24) is 14.9 Å². The number of carbonyl (C=O) groups is 1. The Labute approximate surface area is 170 Å². The zero-order chi connectivity index (χ0) is 20.2. The smallest absolute Gasteiger partial charge is 0.337 e. The average Bonchev–Trinajstić information content (AvgIpc) is 2.75. The Morgan fingerprint density at radius 1 is 1.17 bits per heavy atom. The summed E-state index contributed by atoms with van der Waals surface area (Å²) in [7, 11) is 1.39. The third-order valence-electron chi connectivity index (χ3n) is 5.25. The van der Waals surface area contributed by atoms with Crippen LogP contribution in [0.3, 0.4) is 0 Å². The minimum atomic E-state index is -0.352. The maximum absolute atomic E-state index is 11.9. The first-order valence-corrected chi connectivity index (χ1v) is 9.69. The first-order valence-electron chi connectivity index (χ1n) is 9.69. The predicted octanol–water partition coefficient (Wildman–Crippen LogP) is 3.87. The number of hydrogen-bond donors (Lipinski definition) is 1. The number of anilines is 2. The minimum absolute atomic E-state index is 0.352. The summed E-state index contributed by atoms with van der Waals surface area (Å²) in [5.41, 5.74) is 5.88. The summed E-state index contributed by atoms with van der Waals surface area (Å²) in [5.74, 6) is 0.453. The summed E-state index contributed by atoms with van der Waals surface area (Å²) in [6.07, 6.45) is 2.48. The molecule has 2 aromatic carbocycles. The van der Waals surface area contributed by atoms with Crippen molar-refractivity contribution >= 4 is 17.5 Å². The molecule has 1 N–H and O–H groups in total. The van der Waals surface area contributed by atoms with Crippen molar-refractivity contribution in [2.45, 2.75) is 26.4 Å². The Morgan fingerprint density at radius 3 is 2.79 bits per heavy atom. The highest BCUT2D eigenvalue weighted by molar-refractivity contribution is 5.91. The minimum Gasteiger partial charge on any atom is -0.465 e. The van der Waals surface area contributed by atoms with Crippen molar-refractivity contribution in [3.63, 3.8) is 0 Å². The topological polar surface area (TPSA) is 67.3 Å². The van der Waals surface area contributed by atoms with Gasteiger partial charge < -0.3 is 10.1 Å². The van der Waals surface area contributed by atoms with Crippen LogP contribution in [0.25, 0.3) is 0 Å². The largest absolute Gasteiger partial charge is 0.465 e. The molecule has 0 aliphatic carbocycles. The summed E-state index contributed by atoms with van der Waals surface area (Å²) in [6.45, 7) is 4.65. The summed E-state index contributed by atoms with van der Waals surface area (Å²) in [6, 6.07) is 16.0. The van der Waals surface area contributed by atoms with Crippen LogP contribution in [-0.4, -0.2) is 34.5 Å². The normalized spacial score (nSPS) is 13.6. The number of nitrogens with one attached hydrogen (secondary N) is 1. The second kappa shape index (κ2) is 8.41. The first-order chi connectivity index (χ1) is 14.1. The number of hydrogen-bond acceptors (Lipinski definition) is 6. The van der Waals surface area contributed by atoms with Gasteiger partial charge in [0.15, 0.2) is 0 Å². The Hall–Kier alpha value is -3.25. The fourth-order valence-electron chi connectivity index (χ4n) is 3.62. The number of esters is 1. The van der Waals surface area contributed by atoms with Gasteiger partial charge in [-0.1, -0.05) is 36.4 Å². The Morgan fingerprint density at radius 2 is 2.00 bits per heavy atom. The van der Waals surface area contributed by atoms with Gasteiger partial charge in [0, 0.05) is 30.9 Å². The van der Waals surface area contributed by atoms with Crippen molar-refractivity contribution in [3.8, 4) is 0 Å². The first kappa shape index (κ1) is 19.1. The van der Waals surface area contributed by atoms with Gasteiger partial charge in [-0.3, -0.25) is 4.90 Å². The summed E-state index contributed by atoms with van der Waals surface area (Å²) >= 11 is 0. The number of aromatic nitrogens is 2. The van der Waals surface area contributed by atoms with E-state index in [0.717, 1.165) is 54.4 Å². The van der Waals surface area contributed by atoms with Crippen LogP contribution >= 0.6 is 0 Å². The number of nitrogens with zero attached hydrogens (tertiary/aromatic N) is 3. The molecule has 1 aliphatic rings. The molecule has 0 fully saturated rings. The molecule has 6 heteroatoms. The van der Waals surface area contributed by atoms with Gasteiger partial charge in [0.05, 0.1) is 18.4 Å². The molecule has 6 nitrogen and oxygen atoms in total. The van der Waals surface area contributed by atoms with Gasteiger partial charge in [-0.2, -0.15) is 0 Å². The quantitative estimate of drug-likeness (QED) is 0.669. The molecule has 2 heterocycles. The maximum Gasteiger partial charge on any atom is 0.337 e. The Balaban J connectivity index is 1.54. The van der Waals surface area contributed by atoms with Crippen LogP contribution in [0.4, 0.5) is 11.5 Å². The molecule has 0 amide bonds. The lowest BCUT2D eigenvalue weighted by atomic mass is 10.0. The molecule has 0 saturated carbocycles. The van der Waals surface area contributed by atoms with E-state index in [1.165, 1.54) is 12.7 Å². The van der Waals surface area contributed by atoms with Crippen molar-refractivity contribution in [2.24, 2.45) is 0 Å². The van der Waals surface area contributed by atoms with Crippen LogP contribution in [-0.2, 0) is 24.2 Å². The molecule has 0 bridgehead atoms. The molecule has 0 saturated heterocycles. The van der Waals surface area contributed by atoms with Crippen LogP contribution in [0.5, 0.6) is 0 Å². The number of rotatable bonds is 5. The lowest BCUT2D eigenvalue weighted by molar-refractivity contribution is 0.0601. The lowest BCUT2D eigenvalue weighted by Crippen LogP contribution is -2.31.